The van der Waals surface area contributed by atoms with Gasteiger partial charge in [-0.3, -0.25) is 9.89 Å². The predicted molar refractivity (Wildman–Crippen MR) is 110 cm³/mol. The zero-order valence-corrected chi connectivity index (χ0v) is 16.5. The van der Waals surface area contributed by atoms with Gasteiger partial charge in [-0.25, -0.2) is 4.98 Å². The second-order valence-corrected chi connectivity index (χ2v) is 7.74. The SMILES string of the molecule is Cc1ccc(-c2cc(C(=O)N3CCC(c4nc5c(C)cccc5[nH]4)CC3)n[nH]2)o1. The lowest BCUT2D eigenvalue weighted by Gasteiger charge is -2.30. The number of imidazole rings is 1. The molecule has 1 aliphatic heterocycles. The number of para-hydroxylation sites is 1. The summed E-state index contributed by atoms with van der Waals surface area (Å²) in [7, 11) is 0. The van der Waals surface area contributed by atoms with Gasteiger partial charge in [0.05, 0.1) is 11.0 Å². The Labute approximate surface area is 168 Å². The number of amides is 1. The van der Waals surface area contributed by atoms with Gasteiger partial charge in [0.15, 0.2) is 11.5 Å². The van der Waals surface area contributed by atoms with Gasteiger partial charge < -0.3 is 14.3 Å². The van der Waals surface area contributed by atoms with Crippen molar-refractivity contribution in [3.05, 3.63) is 59.2 Å². The molecule has 7 heteroatoms. The standard InChI is InChI=1S/C22H23N5O2/c1-13-4-3-5-16-20(13)24-21(23-16)15-8-10-27(11-9-15)22(28)18-12-17(25-26-18)19-7-6-14(2)29-19/h3-7,12,15H,8-11H2,1-2H3,(H,23,24)(H,25,26). The molecule has 0 saturated carbocycles. The Morgan fingerprint density at radius 3 is 2.72 bits per heavy atom. The summed E-state index contributed by atoms with van der Waals surface area (Å²) in [5.41, 5.74) is 4.44. The van der Waals surface area contributed by atoms with Crippen LogP contribution in [0.15, 0.2) is 40.8 Å². The van der Waals surface area contributed by atoms with Gasteiger partial charge in [0.2, 0.25) is 0 Å². The summed E-state index contributed by atoms with van der Waals surface area (Å²) < 4.78 is 5.60. The third-order valence-corrected chi connectivity index (χ3v) is 5.70. The van der Waals surface area contributed by atoms with Gasteiger partial charge in [-0.05, 0) is 50.5 Å². The van der Waals surface area contributed by atoms with Crippen LogP contribution in [0.5, 0.6) is 0 Å². The van der Waals surface area contributed by atoms with Crippen LogP contribution in [-0.2, 0) is 0 Å². The van der Waals surface area contributed by atoms with E-state index in [9.17, 15) is 4.79 Å². The molecule has 1 aromatic carbocycles. The van der Waals surface area contributed by atoms with Gasteiger partial charge in [-0.1, -0.05) is 12.1 Å². The number of likely N-dealkylation sites (tertiary alicyclic amines) is 1. The number of fused-ring (bicyclic) bond motifs is 1. The lowest BCUT2D eigenvalue weighted by Crippen LogP contribution is -2.38. The van der Waals surface area contributed by atoms with Crippen LogP contribution in [0, 0.1) is 13.8 Å². The Morgan fingerprint density at radius 2 is 2.00 bits per heavy atom. The summed E-state index contributed by atoms with van der Waals surface area (Å²) in [6, 6.07) is 11.7. The van der Waals surface area contributed by atoms with E-state index in [1.54, 1.807) is 6.07 Å². The fraction of sp³-hybridized carbons (Fsp3) is 0.318. The maximum Gasteiger partial charge on any atom is 0.274 e. The van der Waals surface area contributed by atoms with Crippen LogP contribution >= 0.6 is 0 Å². The van der Waals surface area contributed by atoms with Crippen LogP contribution in [0.3, 0.4) is 0 Å². The molecule has 1 saturated heterocycles. The minimum Gasteiger partial charge on any atom is -0.460 e. The molecule has 148 valence electrons. The number of rotatable bonds is 3. The average molecular weight is 389 g/mol. The first-order valence-corrected chi connectivity index (χ1v) is 9.95. The number of aryl methyl sites for hydroxylation is 2. The molecular weight excluding hydrogens is 366 g/mol. The minimum absolute atomic E-state index is 0.0466. The molecule has 5 rings (SSSR count). The van der Waals surface area contributed by atoms with Crippen molar-refractivity contribution in [2.75, 3.05) is 13.1 Å². The normalized spacial score (nSPS) is 15.3. The molecule has 2 N–H and O–H groups in total. The van der Waals surface area contributed by atoms with E-state index >= 15 is 0 Å². The van der Waals surface area contributed by atoms with E-state index in [4.69, 9.17) is 9.40 Å². The fourth-order valence-electron chi connectivity index (χ4n) is 4.04. The Morgan fingerprint density at radius 1 is 1.17 bits per heavy atom. The maximum atomic E-state index is 12.9. The predicted octanol–water partition coefficient (Wildman–Crippen LogP) is 4.18. The second-order valence-electron chi connectivity index (χ2n) is 7.74. The summed E-state index contributed by atoms with van der Waals surface area (Å²) in [6.45, 7) is 5.36. The number of aromatic nitrogens is 4. The highest BCUT2D eigenvalue weighted by Crippen LogP contribution is 2.29. The zero-order chi connectivity index (χ0) is 20.0. The van der Waals surface area contributed by atoms with Crippen molar-refractivity contribution in [2.45, 2.75) is 32.6 Å². The Balaban J connectivity index is 1.27. The molecular formula is C22H23N5O2. The molecule has 0 radical (unpaired) electrons. The zero-order valence-electron chi connectivity index (χ0n) is 16.5. The van der Waals surface area contributed by atoms with Crippen LogP contribution in [0.25, 0.3) is 22.5 Å². The number of nitrogens with one attached hydrogen (secondary N) is 2. The molecule has 0 spiro atoms. The highest BCUT2D eigenvalue weighted by atomic mass is 16.3. The van der Waals surface area contributed by atoms with Crippen molar-refractivity contribution in [2.24, 2.45) is 0 Å². The Kier molecular flexibility index (Phi) is 4.23. The molecule has 29 heavy (non-hydrogen) atoms. The van der Waals surface area contributed by atoms with E-state index in [0.717, 1.165) is 35.5 Å². The van der Waals surface area contributed by atoms with Crippen LogP contribution in [0.1, 0.15) is 46.4 Å². The Bertz CT molecular complexity index is 1180. The summed E-state index contributed by atoms with van der Waals surface area (Å²) in [5.74, 6) is 2.83. The van der Waals surface area contributed by atoms with Gasteiger partial charge in [0.1, 0.15) is 17.3 Å². The molecule has 0 unspecified atom stereocenters. The Hall–Kier alpha value is -3.35. The summed E-state index contributed by atoms with van der Waals surface area (Å²) >= 11 is 0. The number of aromatic amines is 2. The summed E-state index contributed by atoms with van der Waals surface area (Å²) in [4.78, 5) is 23.0. The molecule has 0 atom stereocenters. The van der Waals surface area contributed by atoms with Crippen molar-refractivity contribution in [1.29, 1.82) is 0 Å². The lowest BCUT2D eigenvalue weighted by molar-refractivity contribution is 0.0705. The molecule has 4 heterocycles. The minimum atomic E-state index is -0.0466. The highest BCUT2D eigenvalue weighted by Gasteiger charge is 2.28. The van der Waals surface area contributed by atoms with Crippen molar-refractivity contribution in [3.8, 4) is 11.5 Å². The number of carbonyl (C=O) groups is 1. The molecule has 4 aromatic rings. The molecule has 0 bridgehead atoms. The van der Waals surface area contributed by atoms with E-state index in [-0.39, 0.29) is 5.91 Å². The molecule has 7 nitrogen and oxygen atoms in total. The molecule has 1 amide bonds. The van der Waals surface area contributed by atoms with Crippen molar-refractivity contribution in [1.82, 2.24) is 25.1 Å². The van der Waals surface area contributed by atoms with E-state index in [0.29, 0.717) is 36.2 Å². The largest absolute Gasteiger partial charge is 0.460 e. The first kappa shape index (κ1) is 17.7. The van der Waals surface area contributed by atoms with Crippen molar-refractivity contribution < 1.29 is 9.21 Å². The number of hydrogen-bond acceptors (Lipinski definition) is 4. The summed E-state index contributed by atoms with van der Waals surface area (Å²) in [6.07, 6.45) is 1.78. The van der Waals surface area contributed by atoms with Crippen LogP contribution in [0.2, 0.25) is 0 Å². The van der Waals surface area contributed by atoms with Crippen LogP contribution in [0.4, 0.5) is 0 Å². The number of furan rings is 1. The van der Waals surface area contributed by atoms with Gasteiger partial charge in [-0.15, -0.1) is 0 Å². The average Bonchev–Trinajstić information content (AvgIpc) is 3.47. The number of piperidine rings is 1. The molecule has 3 aromatic heterocycles. The van der Waals surface area contributed by atoms with Crippen LogP contribution < -0.4 is 0 Å². The number of carbonyl (C=O) groups excluding carboxylic acids is 1. The van der Waals surface area contributed by atoms with E-state index in [1.807, 2.05) is 30.0 Å². The smallest absolute Gasteiger partial charge is 0.274 e. The number of benzene rings is 1. The third-order valence-electron chi connectivity index (χ3n) is 5.70. The number of nitrogens with zero attached hydrogens (tertiary/aromatic N) is 3. The van der Waals surface area contributed by atoms with Gasteiger partial charge in [-0.2, -0.15) is 5.10 Å². The number of H-pyrrole nitrogens is 2. The first-order chi connectivity index (χ1) is 14.1. The monoisotopic (exact) mass is 389 g/mol. The fourth-order valence-corrected chi connectivity index (χ4v) is 4.04. The third kappa shape index (κ3) is 3.22. The molecule has 0 aliphatic carbocycles. The van der Waals surface area contributed by atoms with Gasteiger partial charge in [0.25, 0.3) is 5.91 Å². The molecule has 1 aliphatic rings. The molecule has 1 fully saturated rings. The second kappa shape index (κ2) is 6.92. The van der Waals surface area contributed by atoms with E-state index in [2.05, 4.69) is 34.2 Å². The van der Waals surface area contributed by atoms with Crippen molar-refractivity contribution >= 4 is 16.9 Å². The lowest BCUT2D eigenvalue weighted by atomic mass is 9.96. The van der Waals surface area contributed by atoms with Gasteiger partial charge in [0, 0.05) is 25.1 Å². The van der Waals surface area contributed by atoms with E-state index in [1.165, 1.54) is 5.56 Å². The topological polar surface area (TPSA) is 90.8 Å². The van der Waals surface area contributed by atoms with Gasteiger partial charge >= 0.3 is 0 Å². The highest BCUT2D eigenvalue weighted by molar-refractivity contribution is 5.93. The van der Waals surface area contributed by atoms with Crippen molar-refractivity contribution in [3.63, 3.8) is 0 Å². The first-order valence-electron chi connectivity index (χ1n) is 9.95. The van der Waals surface area contributed by atoms with E-state index < -0.39 is 0 Å². The summed E-state index contributed by atoms with van der Waals surface area (Å²) in [5, 5.41) is 7.10. The number of hydrogen-bond donors (Lipinski definition) is 2. The maximum absolute atomic E-state index is 12.9. The van der Waals surface area contributed by atoms with Crippen LogP contribution in [-0.4, -0.2) is 44.1 Å². The quantitative estimate of drug-likeness (QED) is 0.550.